The van der Waals surface area contributed by atoms with E-state index < -0.39 is 0 Å². The van der Waals surface area contributed by atoms with Gasteiger partial charge in [-0.05, 0) is 124 Å². The summed E-state index contributed by atoms with van der Waals surface area (Å²) >= 11 is 0. The number of hydrogen-bond donors (Lipinski definition) is 0. The highest BCUT2D eigenvalue weighted by Gasteiger charge is 2.66. The van der Waals surface area contributed by atoms with Crippen LogP contribution in [0.5, 0.6) is 0 Å². The summed E-state index contributed by atoms with van der Waals surface area (Å²) in [5.41, 5.74) is 4.25. The minimum absolute atomic E-state index is 0.103. The van der Waals surface area contributed by atoms with E-state index in [4.69, 9.17) is 4.74 Å². The van der Waals surface area contributed by atoms with Crippen LogP contribution < -0.4 is 0 Å². The molecule has 0 heterocycles. The number of allylic oxidation sites excluding steroid dienone is 3. The topological polar surface area (TPSA) is 26.3 Å². The first-order valence-electron chi connectivity index (χ1n) is 13.5. The van der Waals surface area contributed by atoms with Gasteiger partial charge in [0.1, 0.15) is 6.10 Å². The first-order valence-corrected chi connectivity index (χ1v) is 13.5. The Hall–Kier alpha value is -1.05. The Bertz CT molecular complexity index is 776. The van der Waals surface area contributed by atoms with Crippen molar-refractivity contribution in [2.45, 2.75) is 118 Å². The molecule has 180 valence electrons. The summed E-state index contributed by atoms with van der Waals surface area (Å²) in [4.78, 5) is 11.6. The number of hydrogen-bond acceptors (Lipinski definition) is 2. The number of carbonyl (C=O) groups is 1. The zero-order valence-corrected chi connectivity index (χ0v) is 21.8. The SMILES string of the molecule is C=C(CCC=C(C)C)C1CCC2(C)C1CCC1C3(C)CCC(OC(C)=O)CC3CCC12C. The molecule has 0 bridgehead atoms. The molecule has 0 aliphatic heterocycles. The standard InChI is InChI=1S/C30H48O2/c1-20(2)9-8-10-21(3)25-15-18-29(6)26(25)11-12-27-28(5)16-14-24(32-22(4)31)19-23(28)13-17-30(27,29)7/h9,23-27H,3,8,10-19H2,1-2,4-7H3. The fourth-order valence-electron chi connectivity index (χ4n) is 9.42. The lowest BCUT2D eigenvalue weighted by Gasteiger charge is -2.67. The fourth-order valence-corrected chi connectivity index (χ4v) is 9.42. The first kappa shape index (κ1) is 24.1. The lowest BCUT2D eigenvalue weighted by Crippen LogP contribution is -2.60. The first-order chi connectivity index (χ1) is 15.0. The molecule has 0 aromatic heterocycles. The van der Waals surface area contributed by atoms with E-state index in [1.54, 1.807) is 6.92 Å². The van der Waals surface area contributed by atoms with Crippen LogP contribution in [0.2, 0.25) is 0 Å². The Labute approximate surface area is 197 Å². The summed E-state index contributed by atoms with van der Waals surface area (Å²) in [6.07, 6.45) is 16.4. The van der Waals surface area contributed by atoms with Crippen LogP contribution in [-0.2, 0) is 9.53 Å². The van der Waals surface area contributed by atoms with E-state index in [2.05, 4.69) is 47.3 Å². The molecular weight excluding hydrogens is 392 g/mol. The van der Waals surface area contributed by atoms with Crippen molar-refractivity contribution in [3.8, 4) is 0 Å². The molecule has 0 saturated heterocycles. The molecule has 2 nitrogen and oxygen atoms in total. The summed E-state index contributed by atoms with van der Waals surface area (Å²) in [6, 6.07) is 0. The van der Waals surface area contributed by atoms with Crippen molar-refractivity contribution in [2.24, 2.45) is 39.9 Å². The van der Waals surface area contributed by atoms with Crippen molar-refractivity contribution in [1.82, 2.24) is 0 Å². The molecule has 2 heteroatoms. The molecule has 4 fully saturated rings. The van der Waals surface area contributed by atoms with Crippen LogP contribution in [0.25, 0.3) is 0 Å². The predicted octanol–water partition coefficient (Wildman–Crippen LogP) is 8.27. The fraction of sp³-hybridized carbons (Fsp3) is 0.833. The molecule has 8 atom stereocenters. The van der Waals surface area contributed by atoms with Gasteiger partial charge in [-0.25, -0.2) is 0 Å². The van der Waals surface area contributed by atoms with Crippen LogP contribution in [-0.4, -0.2) is 12.1 Å². The molecule has 4 aliphatic carbocycles. The van der Waals surface area contributed by atoms with Gasteiger partial charge in [-0.15, -0.1) is 0 Å². The van der Waals surface area contributed by atoms with Gasteiger partial charge in [0.15, 0.2) is 0 Å². The van der Waals surface area contributed by atoms with Crippen LogP contribution in [0, 0.1) is 39.9 Å². The number of esters is 1. The van der Waals surface area contributed by atoms with E-state index in [0.717, 1.165) is 42.9 Å². The van der Waals surface area contributed by atoms with Gasteiger partial charge in [0.05, 0.1) is 0 Å². The molecule has 0 aromatic carbocycles. The van der Waals surface area contributed by atoms with Crippen molar-refractivity contribution in [2.75, 3.05) is 0 Å². The van der Waals surface area contributed by atoms with Crippen molar-refractivity contribution in [3.63, 3.8) is 0 Å². The number of carbonyl (C=O) groups excluding carboxylic acids is 1. The second-order valence-corrected chi connectivity index (χ2v) is 12.9. The van der Waals surface area contributed by atoms with Gasteiger partial charge in [0.2, 0.25) is 0 Å². The van der Waals surface area contributed by atoms with Gasteiger partial charge in [0.25, 0.3) is 0 Å². The normalized spacial score (nSPS) is 45.2. The maximum absolute atomic E-state index is 11.6. The predicted molar refractivity (Wildman–Crippen MR) is 133 cm³/mol. The molecule has 8 unspecified atom stereocenters. The third-order valence-electron chi connectivity index (χ3n) is 11.3. The second kappa shape index (κ2) is 8.62. The van der Waals surface area contributed by atoms with Crippen LogP contribution in [0.4, 0.5) is 0 Å². The smallest absolute Gasteiger partial charge is 0.302 e. The molecule has 0 spiro atoms. The average Bonchev–Trinajstić information content (AvgIpc) is 3.06. The van der Waals surface area contributed by atoms with E-state index in [1.165, 1.54) is 62.5 Å². The Morgan fingerprint density at radius 2 is 1.69 bits per heavy atom. The highest BCUT2D eigenvalue weighted by atomic mass is 16.5. The highest BCUT2D eigenvalue weighted by molar-refractivity contribution is 5.66. The summed E-state index contributed by atoms with van der Waals surface area (Å²) in [5, 5.41) is 0. The minimum atomic E-state index is -0.103. The van der Waals surface area contributed by atoms with Crippen LogP contribution in [0.15, 0.2) is 23.8 Å². The maximum Gasteiger partial charge on any atom is 0.302 e. The third-order valence-corrected chi connectivity index (χ3v) is 11.3. The Balaban J connectivity index is 1.51. The van der Waals surface area contributed by atoms with Crippen LogP contribution in [0.1, 0.15) is 112 Å². The van der Waals surface area contributed by atoms with E-state index in [0.29, 0.717) is 16.2 Å². The largest absolute Gasteiger partial charge is 0.463 e. The van der Waals surface area contributed by atoms with Gasteiger partial charge in [-0.2, -0.15) is 0 Å². The highest BCUT2D eigenvalue weighted by Crippen LogP contribution is 2.74. The summed E-state index contributed by atoms with van der Waals surface area (Å²) < 4.78 is 5.67. The van der Waals surface area contributed by atoms with E-state index >= 15 is 0 Å². The molecule has 4 aliphatic rings. The molecule has 0 amide bonds. The molecule has 4 rings (SSSR count). The molecule has 0 aromatic rings. The van der Waals surface area contributed by atoms with Crippen LogP contribution >= 0.6 is 0 Å². The van der Waals surface area contributed by atoms with Crippen molar-refractivity contribution in [3.05, 3.63) is 23.8 Å². The monoisotopic (exact) mass is 440 g/mol. The van der Waals surface area contributed by atoms with Gasteiger partial charge < -0.3 is 4.74 Å². The lowest BCUT2D eigenvalue weighted by molar-refractivity contribution is -0.193. The molecule has 32 heavy (non-hydrogen) atoms. The molecule has 0 radical (unpaired) electrons. The number of ether oxygens (including phenoxy) is 1. The van der Waals surface area contributed by atoms with E-state index in [9.17, 15) is 4.79 Å². The Kier molecular flexibility index (Phi) is 6.49. The molecule has 4 saturated carbocycles. The third kappa shape index (κ3) is 3.82. The zero-order valence-electron chi connectivity index (χ0n) is 21.8. The quantitative estimate of drug-likeness (QED) is 0.317. The van der Waals surface area contributed by atoms with E-state index in [-0.39, 0.29) is 12.1 Å². The zero-order chi connectivity index (χ0) is 23.3. The van der Waals surface area contributed by atoms with Gasteiger partial charge in [-0.1, -0.05) is 44.6 Å². The second-order valence-electron chi connectivity index (χ2n) is 12.9. The average molecular weight is 441 g/mol. The number of fused-ring (bicyclic) bond motifs is 5. The van der Waals surface area contributed by atoms with Crippen molar-refractivity contribution < 1.29 is 9.53 Å². The molecule has 0 N–H and O–H groups in total. The number of rotatable bonds is 5. The van der Waals surface area contributed by atoms with Crippen LogP contribution in [0.3, 0.4) is 0 Å². The van der Waals surface area contributed by atoms with Crippen molar-refractivity contribution >= 4 is 5.97 Å². The lowest BCUT2D eigenvalue weighted by atomic mass is 9.37. The minimum Gasteiger partial charge on any atom is -0.463 e. The van der Waals surface area contributed by atoms with Crippen molar-refractivity contribution in [1.29, 1.82) is 0 Å². The Morgan fingerprint density at radius 3 is 2.38 bits per heavy atom. The van der Waals surface area contributed by atoms with Gasteiger partial charge >= 0.3 is 5.97 Å². The summed E-state index contributed by atoms with van der Waals surface area (Å²) in [6.45, 7) is 18.6. The Morgan fingerprint density at radius 1 is 0.969 bits per heavy atom. The van der Waals surface area contributed by atoms with Gasteiger partial charge in [0, 0.05) is 6.92 Å². The van der Waals surface area contributed by atoms with Gasteiger partial charge in [-0.3, -0.25) is 4.79 Å². The summed E-state index contributed by atoms with van der Waals surface area (Å²) in [5.74, 6) is 2.98. The maximum atomic E-state index is 11.6. The molecular formula is C30H48O2. The summed E-state index contributed by atoms with van der Waals surface area (Å²) in [7, 11) is 0. The van der Waals surface area contributed by atoms with E-state index in [1.807, 2.05) is 0 Å².